The van der Waals surface area contributed by atoms with Crippen LogP contribution in [-0.4, -0.2) is 59.5 Å². The highest BCUT2D eigenvalue weighted by atomic mass is 32.2. The molecule has 13 heteroatoms. The molecule has 0 bridgehead atoms. The topological polar surface area (TPSA) is 163 Å². The first-order valence-electron chi connectivity index (χ1n) is 11.0. The zero-order chi connectivity index (χ0) is 26.9. The average Bonchev–Trinajstić information content (AvgIpc) is 3.44. The SMILES string of the molecule is C[C@@H](c1ccccc1)[C@@H](C(=O)Nc1nc(C(=O)O)cs1)N1C(=O)NC(c2ccc(S(C)(=O)=O)cc2)C1=O. The average molecular weight is 543 g/mol. The Labute approximate surface area is 216 Å². The Hall–Kier alpha value is -4.10. The minimum Gasteiger partial charge on any atom is -0.476 e. The number of anilines is 1. The number of urea groups is 1. The molecule has 192 valence electrons. The van der Waals surface area contributed by atoms with Gasteiger partial charge in [0.15, 0.2) is 20.7 Å². The van der Waals surface area contributed by atoms with Crippen molar-refractivity contribution in [2.45, 2.75) is 29.8 Å². The zero-order valence-corrected chi connectivity index (χ0v) is 21.2. The maximum atomic E-state index is 13.5. The van der Waals surface area contributed by atoms with Crippen LogP contribution in [0.15, 0.2) is 64.9 Å². The fourth-order valence-corrected chi connectivity index (χ4v) is 5.32. The third kappa shape index (κ3) is 5.37. The lowest BCUT2D eigenvalue weighted by Gasteiger charge is -2.29. The molecule has 3 atom stereocenters. The van der Waals surface area contributed by atoms with Crippen LogP contribution in [0.5, 0.6) is 0 Å². The third-order valence-electron chi connectivity index (χ3n) is 5.91. The van der Waals surface area contributed by atoms with Crippen molar-refractivity contribution >= 4 is 50.1 Å². The van der Waals surface area contributed by atoms with E-state index in [4.69, 9.17) is 5.11 Å². The van der Waals surface area contributed by atoms with Gasteiger partial charge < -0.3 is 15.7 Å². The molecule has 0 spiro atoms. The minimum absolute atomic E-state index is 0.00706. The van der Waals surface area contributed by atoms with E-state index in [2.05, 4.69) is 15.6 Å². The van der Waals surface area contributed by atoms with Gasteiger partial charge in [-0.25, -0.2) is 27.9 Å². The van der Waals surface area contributed by atoms with E-state index in [0.717, 1.165) is 22.5 Å². The van der Waals surface area contributed by atoms with E-state index in [1.807, 2.05) is 0 Å². The normalized spacial score (nSPS) is 17.2. The van der Waals surface area contributed by atoms with E-state index in [-0.39, 0.29) is 15.7 Å². The van der Waals surface area contributed by atoms with Gasteiger partial charge in [-0.1, -0.05) is 49.4 Å². The lowest BCUT2D eigenvalue weighted by molar-refractivity contribution is -0.134. The van der Waals surface area contributed by atoms with Gasteiger partial charge in [-0.15, -0.1) is 11.3 Å². The Bertz CT molecular complexity index is 1470. The maximum Gasteiger partial charge on any atom is 0.355 e. The number of sulfone groups is 1. The van der Waals surface area contributed by atoms with Crippen LogP contribution in [0, 0.1) is 0 Å². The summed E-state index contributed by atoms with van der Waals surface area (Å²) in [6, 6.07) is 11.2. The summed E-state index contributed by atoms with van der Waals surface area (Å²) >= 11 is 0.899. The first-order valence-corrected chi connectivity index (χ1v) is 13.7. The number of benzene rings is 2. The number of aromatic nitrogens is 1. The van der Waals surface area contributed by atoms with E-state index in [9.17, 15) is 27.6 Å². The molecule has 1 saturated heterocycles. The number of thiazole rings is 1. The standard InChI is InChI=1S/C24H22N4O7S2/c1-13(14-6-4-3-5-7-14)19(20(29)27-23-25-17(12-36-23)22(31)32)28-21(30)18(26-24(28)33)15-8-10-16(11-9-15)37(2,34)35/h3-13,18-19H,1-2H3,(H,26,33)(H,31,32)(H,25,27,29)/t13-,18?,19-/m0/s1. The summed E-state index contributed by atoms with van der Waals surface area (Å²) in [5.41, 5.74) is 0.793. The molecule has 0 aliphatic carbocycles. The van der Waals surface area contributed by atoms with E-state index in [0.29, 0.717) is 11.1 Å². The van der Waals surface area contributed by atoms with Crippen molar-refractivity contribution in [1.29, 1.82) is 0 Å². The molecule has 4 amide bonds. The van der Waals surface area contributed by atoms with Crippen molar-refractivity contribution < 1.29 is 32.7 Å². The van der Waals surface area contributed by atoms with Crippen molar-refractivity contribution in [3.05, 3.63) is 76.8 Å². The van der Waals surface area contributed by atoms with E-state index >= 15 is 0 Å². The van der Waals surface area contributed by atoms with Gasteiger partial charge in [0.25, 0.3) is 5.91 Å². The first-order chi connectivity index (χ1) is 17.5. The van der Waals surface area contributed by atoms with E-state index < -0.39 is 51.7 Å². The Morgan fingerprint density at radius 1 is 1.11 bits per heavy atom. The molecule has 2 aromatic carbocycles. The second kappa shape index (κ2) is 10.1. The Balaban J connectivity index is 1.67. The molecular formula is C24H22N4O7S2. The molecule has 3 N–H and O–H groups in total. The summed E-state index contributed by atoms with van der Waals surface area (Å²) in [7, 11) is -3.46. The van der Waals surface area contributed by atoms with Gasteiger partial charge in [0, 0.05) is 17.6 Å². The number of aromatic carboxylic acids is 1. The van der Waals surface area contributed by atoms with E-state index in [1.54, 1.807) is 37.3 Å². The van der Waals surface area contributed by atoms with E-state index in [1.165, 1.54) is 29.6 Å². The second-order valence-corrected chi connectivity index (χ2v) is 11.3. The van der Waals surface area contributed by atoms with Gasteiger partial charge in [0.2, 0.25) is 5.91 Å². The lowest BCUT2D eigenvalue weighted by Crippen LogP contribution is -2.50. The van der Waals surface area contributed by atoms with Gasteiger partial charge in [0.1, 0.15) is 12.1 Å². The van der Waals surface area contributed by atoms with Gasteiger partial charge >= 0.3 is 12.0 Å². The molecule has 2 heterocycles. The molecule has 0 radical (unpaired) electrons. The van der Waals surface area contributed by atoms with Crippen LogP contribution in [0.4, 0.5) is 9.93 Å². The number of nitrogens with zero attached hydrogens (tertiary/aromatic N) is 2. The molecule has 11 nitrogen and oxygen atoms in total. The largest absolute Gasteiger partial charge is 0.476 e. The molecular weight excluding hydrogens is 520 g/mol. The highest BCUT2D eigenvalue weighted by Crippen LogP contribution is 2.31. The molecule has 1 aromatic heterocycles. The van der Waals surface area contributed by atoms with Gasteiger partial charge in [-0.2, -0.15) is 0 Å². The van der Waals surface area contributed by atoms with Crippen LogP contribution in [0.3, 0.4) is 0 Å². The highest BCUT2D eigenvalue weighted by Gasteiger charge is 2.47. The molecule has 1 unspecified atom stereocenters. The molecule has 1 fully saturated rings. The molecule has 4 rings (SSSR count). The monoisotopic (exact) mass is 542 g/mol. The number of carboxylic acids is 1. The number of carbonyl (C=O) groups is 4. The van der Waals surface area contributed by atoms with Crippen LogP contribution in [0.25, 0.3) is 0 Å². The molecule has 3 aromatic rings. The van der Waals surface area contributed by atoms with Crippen LogP contribution in [0.1, 0.15) is 40.5 Å². The summed E-state index contributed by atoms with van der Waals surface area (Å²) in [6.07, 6.45) is 1.06. The summed E-state index contributed by atoms with van der Waals surface area (Å²) in [6.45, 7) is 1.69. The summed E-state index contributed by atoms with van der Waals surface area (Å²) in [4.78, 5) is 55.9. The van der Waals surface area contributed by atoms with Gasteiger partial charge in [-0.3, -0.25) is 9.59 Å². The van der Waals surface area contributed by atoms with Gasteiger partial charge in [-0.05, 0) is 23.3 Å². The Kier molecular flexibility index (Phi) is 7.09. The molecule has 1 aliphatic rings. The quantitative estimate of drug-likeness (QED) is 0.366. The second-order valence-electron chi connectivity index (χ2n) is 8.41. The number of carboxylic acid groups (broad SMARTS) is 1. The number of hydrogen-bond acceptors (Lipinski definition) is 8. The number of hydrogen-bond donors (Lipinski definition) is 3. The maximum absolute atomic E-state index is 13.5. The fourth-order valence-electron chi connectivity index (χ4n) is 4.01. The minimum atomic E-state index is -3.46. The summed E-state index contributed by atoms with van der Waals surface area (Å²) in [5.74, 6) is -3.31. The van der Waals surface area contributed by atoms with Crippen LogP contribution < -0.4 is 10.6 Å². The highest BCUT2D eigenvalue weighted by molar-refractivity contribution is 7.90. The predicted molar refractivity (Wildman–Crippen MR) is 134 cm³/mol. The molecule has 0 saturated carbocycles. The predicted octanol–water partition coefficient (Wildman–Crippen LogP) is 2.65. The van der Waals surface area contributed by atoms with Crippen molar-refractivity contribution in [3.8, 4) is 0 Å². The first kappa shape index (κ1) is 26.0. The van der Waals surface area contributed by atoms with Crippen LogP contribution in [0.2, 0.25) is 0 Å². The number of rotatable bonds is 8. The van der Waals surface area contributed by atoms with Crippen LogP contribution in [-0.2, 0) is 19.4 Å². The fraction of sp³-hybridized carbons (Fsp3) is 0.208. The van der Waals surface area contributed by atoms with Gasteiger partial charge in [0.05, 0.1) is 4.90 Å². The molecule has 37 heavy (non-hydrogen) atoms. The third-order valence-corrected chi connectivity index (χ3v) is 7.80. The number of imide groups is 1. The zero-order valence-electron chi connectivity index (χ0n) is 19.6. The number of carbonyl (C=O) groups excluding carboxylic acids is 3. The van der Waals surface area contributed by atoms with Crippen LogP contribution >= 0.6 is 11.3 Å². The summed E-state index contributed by atoms with van der Waals surface area (Å²) in [5, 5.41) is 15.5. The van der Waals surface area contributed by atoms with Crippen molar-refractivity contribution in [2.24, 2.45) is 0 Å². The smallest absolute Gasteiger partial charge is 0.355 e. The van der Waals surface area contributed by atoms with Crippen molar-refractivity contribution in [3.63, 3.8) is 0 Å². The Morgan fingerprint density at radius 2 is 1.76 bits per heavy atom. The number of amides is 4. The number of nitrogens with one attached hydrogen (secondary N) is 2. The summed E-state index contributed by atoms with van der Waals surface area (Å²) < 4.78 is 23.5. The lowest BCUT2D eigenvalue weighted by atomic mass is 9.91. The van der Waals surface area contributed by atoms with Crippen molar-refractivity contribution in [2.75, 3.05) is 11.6 Å². The Morgan fingerprint density at radius 3 is 2.32 bits per heavy atom. The molecule has 1 aliphatic heterocycles. The van der Waals surface area contributed by atoms with Crippen molar-refractivity contribution in [1.82, 2.24) is 15.2 Å².